The molecule has 0 amide bonds. The average Bonchev–Trinajstić information content (AvgIpc) is 2.46. The number of ether oxygens (including phenoxy) is 3. The molecule has 4 heteroatoms. The summed E-state index contributed by atoms with van der Waals surface area (Å²) >= 11 is 0. The summed E-state index contributed by atoms with van der Waals surface area (Å²) in [6.45, 7) is 3.84. The fourth-order valence-corrected chi connectivity index (χ4v) is 1.98. The summed E-state index contributed by atoms with van der Waals surface area (Å²) in [5, 5.41) is 3.49. The third-order valence-electron chi connectivity index (χ3n) is 3.16. The SMILES string of the molecule is CCC(COC)NCCc1ccc(OC)c(OC)c1. The van der Waals surface area contributed by atoms with Crippen molar-refractivity contribution in [3.63, 3.8) is 0 Å². The van der Waals surface area contributed by atoms with E-state index in [2.05, 4.69) is 18.3 Å². The molecule has 1 N–H and O–H groups in total. The minimum absolute atomic E-state index is 0.421. The molecule has 0 radical (unpaired) electrons. The standard InChI is InChI=1S/C15H25NO3/c1-5-13(11-17-2)16-9-8-12-6-7-14(18-3)15(10-12)19-4/h6-7,10,13,16H,5,8-9,11H2,1-4H3. The van der Waals surface area contributed by atoms with Crippen LogP contribution in [-0.4, -0.2) is 40.5 Å². The molecule has 1 aromatic rings. The molecule has 1 atom stereocenters. The van der Waals surface area contributed by atoms with E-state index in [1.165, 1.54) is 5.56 Å². The van der Waals surface area contributed by atoms with Crippen LogP contribution in [0.1, 0.15) is 18.9 Å². The first kappa shape index (κ1) is 15.8. The van der Waals surface area contributed by atoms with E-state index in [9.17, 15) is 0 Å². The van der Waals surface area contributed by atoms with E-state index >= 15 is 0 Å². The Morgan fingerprint density at radius 1 is 1.11 bits per heavy atom. The zero-order valence-corrected chi connectivity index (χ0v) is 12.4. The van der Waals surface area contributed by atoms with Crippen LogP contribution in [0, 0.1) is 0 Å². The van der Waals surface area contributed by atoms with Crippen LogP contribution in [0.25, 0.3) is 0 Å². The Balaban J connectivity index is 2.49. The van der Waals surface area contributed by atoms with Crippen molar-refractivity contribution in [1.82, 2.24) is 5.32 Å². The van der Waals surface area contributed by atoms with Gasteiger partial charge in [0.15, 0.2) is 11.5 Å². The van der Waals surface area contributed by atoms with Gasteiger partial charge in [-0.1, -0.05) is 13.0 Å². The molecule has 0 saturated heterocycles. The fraction of sp³-hybridized carbons (Fsp3) is 0.600. The molecule has 19 heavy (non-hydrogen) atoms. The molecular weight excluding hydrogens is 242 g/mol. The van der Waals surface area contributed by atoms with Gasteiger partial charge < -0.3 is 19.5 Å². The van der Waals surface area contributed by atoms with Crippen LogP contribution < -0.4 is 14.8 Å². The number of nitrogens with one attached hydrogen (secondary N) is 1. The van der Waals surface area contributed by atoms with Crippen molar-refractivity contribution >= 4 is 0 Å². The molecule has 0 fully saturated rings. The Hall–Kier alpha value is -1.26. The Kier molecular flexibility index (Phi) is 7.30. The molecule has 0 aliphatic heterocycles. The van der Waals surface area contributed by atoms with E-state index in [1.54, 1.807) is 21.3 Å². The molecule has 1 aromatic carbocycles. The molecule has 1 unspecified atom stereocenters. The first-order valence-corrected chi connectivity index (χ1v) is 6.68. The van der Waals surface area contributed by atoms with Crippen molar-refractivity contribution in [3.05, 3.63) is 23.8 Å². The van der Waals surface area contributed by atoms with Gasteiger partial charge in [0.2, 0.25) is 0 Å². The van der Waals surface area contributed by atoms with Crippen molar-refractivity contribution in [1.29, 1.82) is 0 Å². The van der Waals surface area contributed by atoms with E-state index in [4.69, 9.17) is 14.2 Å². The molecule has 4 nitrogen and oxygen atoms in total. The van der Waals surface area contributed by atoms with E-state index < -0.39 is 0 Å². The lowest BCUT2D eigenvalue weighted by atomic mass is 10.1. The van der Waals surface area contributed by atoms with Crippen LogP contribution >= 0.6 is 0 Å². The van der Waals surface area contributed by atoms with Gasteiger partial charge >= 0.3 is 0 Å². The Bertz CT molecular complexity index is 368. The minimum Gasteiger partial charge on any atom is -0.493 e. The largest absolute Gasteiger partial charge is 0.493 e. The lowest BCUT2D eigenvalue weighted by Gasteiger charge is -2.16. The summed E-state index contributed by atoms with van der Waals surface area (Å²) in [5.41, 5.74) is 1.23. The monoisotopic (exact) mass is 267 g/mol. The quantitative estimate of drug-likeness (QED) is 0.745. The maximum absolute atomic E-state index is 5.30. The number of hydrogen-bond acceptors (Lipinski definition) is 4. The van der Waals surface area contributed by atoms with Gasteiger partial charge in [0.05, 0.1) is 20.8 Å². The number of benzene rings is 1. The maximum Gasteiger partial charge on any atom is 0.160 e. The summed E-state index contributed by atoms with van der Waals surface area (Å²) in [6.07, 6.45) is 2.03. The van der Waals surface area contributed by atoms with Gasteiger partial charge in [-0.05, 0) is 37.1 Å². The Labute approximate surface area is 116 Å². The van der Waals surface area contributed by atoms with Crippen molar-refractivity contribution in [3.8, 4) is 11.5 Å². The second kappa shape index (κ2) is 8.77. The molecule has 0 aliphatic carbocycles. The Morgan fingerprint density at radius 3 is 2.42 bits per heavy atom. The highest BCUT2D eigenvalue weighted by molar-refractivity contribution is 5.42. The molecule has 108 valence electrons. The van der Waals surface area contributed by atoms with Crippen LogP contribution in [0.4, 0.5) is 0 Å². The fourth-order valence-electron chi connectivity index (χ4n) is 1.98. The highest BCUT2D eigenvalue weighted by atomic mass is 16.5. The molecule has 0 saturated carbocycles. The van der Waals surface area contributed by atoms with Crippen LogP contribution in [0.3, 0.4) is 0 Å². The summed E-state index contributed by atoms with van der Waals surface area (Å²) < 4.78 is 15.7. The van der Waals surface area contributed by atoms with Crippen molar-refractivity contribution < 1.29 is 14.2 Å². The second-order valence-electron chi connectivity index (χ2n) is 4.45. The Morgan fingerprint density at radius 2 is 1.84 bits per heavy atom. The third-order valence-corrected chi connectivity index (χ3v) is 3.16. The summed E-state index contributed by atoms with van der Waals surface area (Å²) in [4.78, 5) is 0. The third kappa shape index (κ3) is 5.09. The highest BCUT2D eigenvalue weighted by Gasteiger charge is 2.06. The second-order valence-corrected chi connectivity index (χ2v) is 4.45. The summed E-state index contributed by atoms with van der Waals surface area (Å²) in [7, 11) is 5.04. The average molecular weight is 267 g/mol. The molecule has 0 spiro atoms. The van der Waals surface area contributed by atoms with Crippen molar-refractivity contribution in [2.24, 2.45) is 0 Å². The normalized spacial score (nSPS) is 12.2. The van der Waals surface area contributed by atoms with Gasteiger partial charge in [-0.2, -0.15) is 0 Å². The lowest BCUT2D eigenvalue weighted by molar-refractivity contribution is 0.165. The van der Waals surface area contributed by atoms with Crippen LogP contribution in [0.2, 0.25) is 0 Å². The lowest BCUT2D eigenvalue weighted by Crippen LogP contribution is -2.34. The molecule has 1 rings (SSSR count). The van der Waals surface area contributed by atoms with Crippen LogP contribution in [0.5, 0.6) is 11.5 Å². The van der Waals surface area contributed by atoms with Gasteiger partial charge in [0.1, 0.15) is 0 Å². The van der Waals surface area contributed by atoms with Crippen molar-refractivity contribution in [2.45, 2.75) is 25.8 Å². The van der Waals surface area contributed by atoms with E-state index in [-0.39, 0.29) is 0 Å². The number of rotatable bonds is 9. The highest BCUT2D eigenvalue weighted by Crippen LogP contribution is 2.27. The predicted molar refractivity (Wildman–Crippen MR) is 77.2 cm³/mol. The van der Waals surface area contributed by atoms with Gasteiger partial charge in [0, 0.05) is 13.2 Å². The zero-order valence-electron chi connectivity index (χ0n) is 12.4. The molecular formula is C15H25NO3. The summed E-state index contributed by atoms with van der Waals surface area (Å²) in [6, 6.07) is 6.46. The first-order valence-electron chi connectivity index (χ1n) is 6.68. The van der Waals surface area contributed by atoms with Crippen LogP contribution in [0.15, 0.2) is 18.2 Å². The smallest absolute Gasteiger partial charge is 0.160 e. The van der Waals surface area contributed by atoms with Gasteiger partial charge in [-0.15, -0.1) is 0 Å². The summed E-state index contributed by atoms with van der Waals surface area (Å²) in [5.74, 6) is 1.55. The van der Waals surface area contributed by atoms with Gasteiger partial charge in [-0.25, -0.2) is 0 Å². The maximum atomic E-state index is 5.30. The van der Waals surface area contributed by atoms with Crippen molar-refractivity contribution in [2.75, 3.05) is 34.5 Å². The van der Waals surface area contributed by atoms with E-state index in [0.29, 0.717) is 6.04 Å². The molecule has 0 aliphatic rings. The molecule has 0 aromatic heterocycles. The topological polar surface area (TPSA) is 39.7 Å². The number of methoxy groups -OCH3 is 3. The van der Waals surface area contributed by atoms with Gasteiger partial charge in [-0.3, -0.25) is 0 Å². The van der Waals surface area contributed by atoms with Gasteiger partial charge in [0.25, 0.3) is 0 Å². The molecule has 0 bridgehead atoms. The first-order chi connectivity index (χ1) is 9.24. The van der Waals surface area contributed by atoms with Crippen LogP contribution in [-0.2, 0) is 11.2 Å². The van der Waals surface area contributed by atoms with E-state index in [0.717, 1.165) is 37.5 Å². The van der Waals surface area contributed by atoms with E-state index in [1.807, 2.05) is 12.1 Å². The zero-order chi connectivity index (χ0) is 14.1. The number of hydrogen-bond donors (Lipinski definition) is 1. The molecule has 0 heterocycles. The predicted octanol–water partition coefficient (Wildman–Crippen LogP) is 2.26. The minimum atomic E-state index is 0.421.